The first-order chi connectivity index (χ1) is 17.7. The number of amides is 4. The lowest BCUT2D eigenvalue weighted by Gasteiger charge is -2.34. The molecular weight excluding hydrogens is 481 g/mol. The predicted molar refractivity (Wildman–Crippen MR) is 135 cm³/mol. The normalized spacial score (nSPS) is 14.6. The van der Waals surface area contributed by atoms with Gasteiger partial charge in [-0.2, -0.15) is 5.10 Å². The summed E-state index contributed by atoms with van der Waals surface area (Å²) in [5.41, 5.74) is 0.767. The molecule has 200 valence electrons. The molecule has 2 aromatic rings. The van der Waals surface area contributed by atoms with Crippen molar-refractivity contribution in [3.05, 3.63) is 47.5 Å². The Morgan fingerprint density at radius 1 is 1.05 bits per heavy atom. The van der Waals surface area contributed by atoms with E-state index >= 15 is 0 Å². The number of carbonyl (C=O) groups is 4. The van der Waals surface area contributed by atoms with Crippen molar-refractivity contribution in [2.75, 3.05) is 45.1 Å². The van der Waals surface area contributed by atoms with E-state index in [0.717, 1.165) is 13.1 Å². The second kappa shape index (κ2) is 12.9. The number of nitrogens with one attached hydrogen (secondary N) is 3. The van der Waals surface area contributed by atoms with E-state index in [1.165, 1.54) is 23.0 Å². The number of piperazine rings is 1. The molecule has 0 bridgehead atoms. The average Bonchev–Trinajstić information content (AvgIpc) is 3.37. The predicted octanol–water partition coefficient (Wildman–Crippen LogP) is 0.622. The van der Waals surface area contributed by atoms with Crippen LogP contribution in [0.4, 0.5) is 10.1 Å². The summed E-state index contributed by atoms with van der Waals surface area (Å²) in [4.78, 5) is 53.6. The van der Waals surface area contributed by atoms with Crippen molar-refractivity contribution >= 4 is 29.3 Å². The Morgan fingerprint density at radius 2 is 1.78 bits per heavy atom. The Morgan fingerprint density at radius 3 is 2.43 bits per heavy atom. The molecule has 12 heteroatoms. The minimum Gasteiger partial charge on any atom is -0.344 e. The molecule has 1 saturated heterocycles. The number of aryl methyl sites for hydroxylation is 1. The Bertz CT molecular complexity index is 1130. The molecule has 1 aromatic heterocycles. The molecule has 1 aliphatic rings. The quantitative estimate of drug-likeness (QED) is 0.426. The third-order valence-corrected chi connectivity index (χ3v) is 6.18. The third kappa shape index (κ3) is 7.59. The third-order valence-electron chi connectivity index (χ3n) is 6.18. The maximum absolute atomic E-state index is 14.8. The van der Waals surface area contributed by atoms with Crippen LogP contribution in [-0.4, -0.2) is 89.0 Å². The number of likely N-dealkylation sites (N-methyl/N-ethyl adjacent to an activating group) is 1. The zero-order valence-corrected chi connectivity index (χ0v) is 21.4. The van der Waals surface area contributed by atoms with Gasteiger partial charge in [-0.25, -0.2) is 4.39 Å². The lowest BCUT2D eigenvalue weighted by atomic mass is 10.0. The van der Waals surface area contributed by atoms with E-state index in [9.17, 15) is 23.6 Å². The maximum atomic E-state index is 14.8. The fourth-order valence-electron chi connectivity index (χ4n) is 3.99. The molecule has 2 heterocycles. The van der Waals surface area contributed by atoms with Gasteiger partial charge >= 0.3 is 0 Å². The highest BCUT2D eigenvalue weighted by Crippen LogP contribution is 2.18. The SMILES string of the molecule is CCC(=O)N[C@H](Cc1ccc(NC(=O)CNC(=O)c2ccnn2CC)c(F)c1)C(=O)N1CCN(C)CC1. The van der Waals surface area contributed by atoms with E-state index in [-0.39, 0.29) is 36.9 Å². The van der Waals surface area contributed by atoms with Gasteiger partial charge in [-0.3, -0.25) is 23.9 Å². The van der Waals surface area contributed by atoms with Crippen molar-refractivity contribution in [1.29, 1.82) is 0 Å². The topological polar surface area (TPSA) is 129 Å². The standard InChI is InChI=1S/C25H34FN7O4/c1-4-22(34)30-20(25(37)32-12-10-31(3)11-13-32)15-17-6-7-19(18(26)14-17)29-23(35)16-27-24(36)21-8-9-28-33(21)5-2/h6-9,14,20H,4-5,10-13,15-16H2,1-3H3,(H,27,36)(H,29,35)(H,30,34)/t20-/m1/s1. The molecule has 1 aliphatic heterocycles. The van der Waals surface area contributed by atoms with Crippen LogP contribution in [0.3, 0.4) is 0 Å². The van der Waals surface area contributed by atoms with Crippen LogP contribution >= 0.6 is 0 Å². The number of nitrogens with zero attached hydrogens (tertiary/aromatic N) is 4. The summed E-state index contributed by atoms with van der Waals surface area (Å²) in [5, 5.41) is 11.7. The summed E-state index contributed by atoms with van der Waals surface area (Å²) in [7, 11) is 1.98. The summed E-state index contributed by atoms with van der Waals surface area (Å²) in [6, 6.07) is 4.95. The monoisotopic (exact) mass is 515 g/mol. The number of rotatable bonds is 10. The number of carbonyl (C=O) groups excluding carboxylic acids is 4. The molecule has 0 radical (unpaired) electrons. The molecular formula is C25H34FN7O4. The van der Waals surface area contributed by atoms with Crippen LogP contribution in [-0.2, 0) is 27.3 Å². The first-order valence-corrected chi connectivity index (χ1v) is 12.4. The minimum atomic E-state index is -0.817. The van der Waals surface area contributed by atoms with Crippen LogP contribution in [0.15, 0.2) is 30.5 Å². The number of hydrogen-bond donors (Lipinski definition) is 3. The van der Waals surface area contributed by atoms with Gasteiger partial charge in [0.15, 0.2) is 0 Å². The first kappa shape index (κ1) is 27.8. The van der Waals surface area contributed by atoms with Gasteiger partial charge in [0.05, 0.1) is 12.2 Å². The van der Waals surface area contributed by atoms with Gasteiger partial charge in [-0.15, -0.1) is 0 Å². The van der Waals surface area contributed by atoms with Crippen molar-refractivity contribution in [3.63, 3.8) is 0 Å². The van der Waals surface area contributed by atoms with Gasteiger partial charge in [-0.05, 0) is 37.7 Å². The van der Waals surface area contributed by atoms with E-state index in [4.69, 9.17) is 0 Å². The van der Waals surface area contributed by atoms with Crippen molar-refractivity contribution in [1.82, 2.24) is 30.2 Å². The molecule has 3 rings (SSSR count). The van der Waals surface area contributed by atoms with Gasteiger partial charge in [0.1, 0.15) is 17.6 Å². The van der Waals surface area contributed by atoms with Gasteiger partial charge < -0.3 is 25.8 Å². The van der Waals surface area contributed by atoms with E-state index < -0.39 is 23.7 Å². The van der Waals surface area contributed by atoms with E-state index in [1.807, 2.05) is 14.0 Å². The summed E-state index contributed by atoms with van der Waals surface area (Å²) in [6.07, 6.45) is 1.83. The second-order valence-corrected chi connectivity index (χ2v) is 8.88. The highest BCUT2D eigenvalue weighted by molar-refractivity contribution is 5.98. The van der Waals surface area contributed by atoms with Gasteiger partial charge in [0.2, 0.25) is 17.7 Å². The smallest absolute Gasteiger partial charge is 0.269 e. The second-order valence-electron chi connectivity index (χ2n) is 8.88. The fourth-order valence-corrected chi connectivity index (χ4v) is 3.99. The minimum absolute atomic E-state index is 0.0545. The summed E-state index contributed by atoms with van der Waals surface area (Å²) >= 11 is 0. The number of anilines is 1. The molecule has 0 unspecified atom stereocenters. The highest BCUT2D eigenvalue weighted by Gasteiger charge is 2.28. The fraction of sp³-hybridized carbons (Fsp3) is 0.480. The Balaban J connectivity index is 1.60. The van der Waals surface area contributed by atoms with Gasteiger partial charge in [0.25, 0.3) is 5.91 Å². The molecule has 37 heavy (non-hydrogen) atoms. The van der Waals surface area contributed by atoms with Crippen molar-refractivity contribution in [3.8, 4) is 0 Å². The number of hydrogen-bond acceptors (Lipinski definition) is 6. The van der Waals surface area contributed by atoms with Crippen molar-refractivity contribution in [2.45, 2.75) is 39.3 Å². The van der Waals surface area contributed by atoms with Crippen LogP contribution in [0.2, 0.25) is 0 Å². The van der Waals surface area contributed by atoms with Crippen LogP contribution in [0.1, 0.15) is 36.3 Å². The van der Waals surface area contributed by atoms with Gasteiger partial charge in [0, 0.05) is 51.8 Å². The maximum Gasteiger partial charge on any atom is 0.269 e. The molecule has 11 nitrogen and oxygen atoms in total. The Labute approximate surface area is 215 Å². The zero-order chi connectivity index (χ0) is 26.9. The summed E-state index contributed by atoms with van der Waals surface area (Å²) in [5.74, 6) is -2.21. The average molecular weight is 516 g/mol. The molecule has 0 aliphatic carbocycles. The molecule has 0 saturated carbocycles. The van der Waals surface area contributed by atoms with E-state index in [0.29, 0.717) is 30.9 Å². The zero-order valence-electron chi connectivity index (χ0n) is 21.4. The van der Waals surface area contributed by atoms with Crippen LogP contribution < -0.4 is 16.0 Å². The molecule has 0 spiro atoms. The van der Waals surface area contributed by atoms with E-state index in [1.54, 1.807) is 24.0 Å². The molecule has 1 atom stereocenters. The Kier molecular flexibility index (Phi) is 9.72. The summed E-state index contributed by atoms with van der Waals surface area (Å²) < 4.78 is 16.3. The van der Waals surface area contributed by atoms with Crippen LogP contribution in [0.25, 0.3) is 0 Å². The van der Waals surface area contributed by atoms with E-state index in [2.05, 4.69) is 25.9 Å². The molecule has 3 N–H and O–H groups in total. The number of halogens is 1. The lowest BCUT2D eigenvalue weighted by molar-refractivity contribution is -0.137. The first-order valence-electron chi connectivity index (χ1n) is 12.4. The lowest BCUT2D eigenvalue weighted by Crippen LogP contribution is -2.54. The van der Waals surface area contributed by atoms with Gasteiger partial charge in [-0.1, -0.05) is 13.0 Å². The highest BCUT2D eigenvalue weighted by atomic mass is 19.1. The number of benzene rings is 1. The molecule has 1 fully saturated rings. The van der Waals surface area contributed by atoms with Crippen LogP contribution in [0, 0.1) is 5.82 Å². The molecule has 1 aromatic carbocycles. The van der Waals surface area contributed by atoms with Crippen molar-refractivity contribution in [2.24, 2.45) is 0 Å². The Hall–Kier alpha value is -3.80. The number of aromatic nitrogens is 2. The summed E-state index contributed by atoms with van der Waals surface area (Å²) in [6.45, 7) is 6.30. The molecule has 4 amide bonds. The van der Waals surface area contributed by atoms with Crippen molar-refractivity contribution < 1.29 is 23.6 Å². The largest absolute Gasteiger partial charge is 0.344 e. The van der Waals surface area contributed by atoms with Crippen LogP contribution in [0.5, 0.6) is 0 Å².